The topological polar surface area (TPSA) is 29.3 Å². The summed E-state index contributed by atoms with van der Waals surface area (Å²) in [4.78, 5) is 6.21. The normalized spacial score (nSPS) is 10.5. The molecule has 0 unspecified atom stereocenters. The van der Waals surface area contributed by atoms with E-state index in [4.69, 9.17) is 4.42 Å². The number of furan rings is 1. The summed E-state index contributed by atoms with van der Waals surface area (Å²) >= 11 is 0. The molecule has 0 N–H and O–H groups in total. The van der Waals surface area contributed by atoms with E-state index in [-0.39, 0.29) is 0 Å². The molecule has 62 valence electrons. The molecule has 2 aromatic heterocycles. The molecule has 3 nitrogen and oxygen atoms in total. The Hall–Kier alpha value is -1.51. The molecule has 2 aromatic rings. The molecule has 2 rings (SSSR count). The highest BCUT2D eigenvalue weighted by Crippen LogP contribution is 2.22. The quantitative estimate of drug-likeness (QED) is 0.641. The first kappa shape index (κ1) is 7.16. The van der Waals surface area contributed by atoms with Gasteiger partial charge in [-0.2, -0.15) is 0 Å². The van der Waals surface area contributed by atoms with Gasteiger partial charge in [-0.25, -0.2) is 4.98 Å². The predicted molar refractivity (Wildman–Crippen MR) is 48.3 cm³/mol. The molecule has 0 aliphatic heterocycles. The van der Waals surface area contributed by atoms with E-state index >= 15 is 0 Å². The zero-order chi connectivity index (χ0) is 8.55. The van der Waals surface area contributed by atoms with Crippen molar-refractivity contribution in [2.75, 3.05) is 19.0 Å². The van der Waals surface area contributed by atoms with Crippen LogP contribution in [-0.4, -0.2) is 19.1 Å². The van der Waals surface area contributed by atoms with E-state index in [0.717, 1.165) is 16.8 Å². The Balaban J connectivity index is 2.73. The van der Waals surface area contributed by atoms with Crippen molar-refractivity contribution < 1.29 is 4.42 Å². The van der Waals surface area contributed by atoms with E-state index in [9.17, 15) is 0 Å². The van der Waals surface area contributed by atoms with Gasteiger partial charge < -0.3 is 9.32 Å². The lowest BCUT2D eigenvalue weighted by Gasteiger charge is -2.10. The second-order valence-corrected chi connectivity index (χ2v) is 2.86. The number of fused-ring (bicyclic) bond motifs is 1. The molecule has 0 fully saturated rings. The summed E-state index contributed by atoms with van der Waals surface area (Å²) < 4.78 is 5.24. The van der Waals surface area contributed by atoms with Crippen molar-refractivity contribution in [2.24, 2.45) is 0 Å². The molecule has 0 atom stereocenters. The zero-order valence-electron chi connectivity index (χ0n) is 7.11. The minimum atomic E-state index is 0.883. The SMILES string of the molecule is CN(C)c1nccc2occc12. The van der Waals surface area contributed by atoms with Crippen LogP contribution in [0.2, 0.25) is 0 Å². The first-order chi connectivity index (χ1) is 5.79. The average molecular weight is 162 g/mol. The van der Waals surface area contributed by atoms with Gasteiger partial charge in [0.2, 0.25) is 0 Å². The van der Waals surface area contributed by atoms with Crippen molar-refractivity contribution >= 4 is 16.8 Å². The van der Waals surface area contributed by atoms with Crippen LogP contribution in [0.3, 0.4) is 0 Å². The standard InChI is InChI=1S/C9H10N2O/c1-11(2)9-7-4-6-12-8(7)3-5-10-9/h3-6H,1-2H3. The summed E-state index contributed by atoms with van der Waals surface area (Å²) in [5.41, 5.74) is 0.883. The van der Waals surface area contributed by atoms with Crippen LogP contribution in [0.4, 0.5) is 5.82 Å². The lowest BCUT2D eigenvalue weighted by Crippen LogP contribution is -2.10. The molecular weight excluding hydrogens is 152 g/mol. The summed E-state index contributed by atoms with van der Waals surface area (Å²) in [5, 5.41) is 1.06. The first-order valence-corrected chi connectivity index (χ1v) is 3.78. The van der Waals surface area contributed by atoms with Crippen molar-refractivity contribution in [1.29, 1.82) is 0 Å². The highest BCUT2D eigenvalue weighted by molar-refractivity contribution is 5.88. The number of anilines is 1. The van der Waals surface area contributed by atoms with Gasteiger partial charge in [0.25, 0.3) is 0 Å². The number of nitrogens with zero attached hydrogens (tertiary/aromatic N) is 2. The van der Waals surface area contributed by atoms with Crippen LogP contribution in [0.5, 0.6) is 0 Å². The van der Waals surface area contributed by atoms with Crippen LogP contribution in [0.1, 0.15) is 0 Å². The summed E-state index contributed by atoms with van der Waals surface area (Å²) in [6.07, 6.45) is 3.43. The van der Waals surface area contributed by atoms with Gasteiger partial charge in [-0.3, -0.25) is 0 Å². The Morgan fingerprint density at radius 2 is 2.17 bits per heavy atom. The lowest BCUT2D eigenvalue weighted by atomic mass is 10.3. The molecule has 0 spiro atoms. The van der Waals surface area contributed by atoms with Crippen molar-refractivity contribution in [3.05, 3.63) is 24.6 Å². The van der Waals surface area contributed by atoms with Crippen LogP contribution >= 0.6 is 0 Å². The maximum absolute atomic E-state index is 5.24. The summed E-state index contributed by atoms with van der Waals surface area (Å²) in [6.45, 7) is 0. The minimum Gasteiger partial charge on any atom is -0.464 e. The molecule has 3 heteroatoms. The molecule has 0 aromatic carbocycles. The Morgan fingerprint density at radius 3 is 2.92 bits per heavy atom. The van der Waals surface area contributed by atoms with Gasteiger partial charge in [0.15, 0.2) is 0 Å². The van der Waals surface area contributed by atoms with Gasteiger partial charge >= 0.3 is 0 Å². The molecular formula is C9H10N2O. The van der Waals surface area contributed by atoms with Gasteiger partial charge in [-0.1, -0.05) is 0 Å². The van der Waals surface area contributed by atoms with Gasteiger partial charge in [-0.15, -0.1) is 0 Å². The third-order valence-corrected chi connectivity index (χ3v) is 1.78. The number of pyridine rings is 1. The Labute approximate surface area is 70.6 Å². The fourth-order valence-electron chi connectivity index (χ4n) is 1.24. The third kappa shape index (κ3) is 0.942. The fraction of sp³-hybridized carbons (Fsp3) is 0.222. The Bertz CT molecular complexity index is 392. The maximum Gasteiger partial charge on any atom is 0.139 e. The lowest BCUT2D eigenvalue weighted by molar-refractivity contribution is 0.615. The first-order valence-electron chi connectivity index (χ1n) is 3.78. The van der Waals surface area contributed by atoms with E-state index in [2.05, 4.69) is 4.98 Å². The predicted octanol–water partition coefficient (Wildman–Crippen LogP) is 1.89. The monoisotopic (exact) mass is 162 g/mol. The number of rotatable bonds is 1. The molecule has 0 aliphatic rings. The van der Waals surface area contributed by atoms with Crippen LogP contribution < -0.4 is 4.90 Å². The molecule has 0 radical (unpaired) electrons. The number of hydrogen-bond acceptors (Lipinski definition) is 3. The number of hydrogen-bond donors (Lipinski definition) is 0. The van der Waals surface area contributed by atoms with Gasteiger partial charge in [-0.05, 0) is 12.1 Å². The number of aromatic nitrogens is 1. The van der Waals surface area contributed by atoms with E-state index in [1.54, 1.807) is 12.5 Å². The fourth-order valence-corrected chi connectivity index (χ4v) is 1.24. The summed E-state index contributed by atoms with van der Waals surface area (Å²) in [6, 6.07) is 3.79. The molecule has 0 aliphatic carbocycles. The maximum atomic E-state index is 5.24. The van der Waals surface area contributed by atoms with Crippen LogP contribution in [0.25, 0.3) is 11.0 Å². The third-order valence-electron chi connectivity index (χ3n) is 1.78. The van der Waals surface area contributed by atoms with E-state index < -0.39 is 0 Å². The minimum absolute atomic E-state index is 0.883. The average Bonchev–Trinajstić information content (AvgIpc) is 2.49. The molecule has 12 heavy (non-hydrogen) atoms. The van der Waals surface area contributed by atoms with Crippen molar-refractivity contribution in [3.8, 4) is 0 Å². The van der Waals surface area contributed by atoms with Crippen LogP contribution in [0.15, 0.2) is 29.0 Å². The van der Waals surface area contributed by atoms with Gasteiger partial charge in [0.1, 0.15) is 11.4 Å². The molecule has 0 saturated carbocycles. The molecule has 0 saturated heterocycles. The van der Waals surface area contributed by atoms with Gasteiger partial charge in [0, 0.05) is 20.3 Å². The van der Waals surface area contributed by atoms with E-state index in [1.807, 2.05) is 31.1 Å². The van der Waals surface area contributed by atoms with Gasteiger partial charge in [0.05, 0.1) is 11.6 Å². The molecule has 0 bridgehead atoms. The zero-order valence-corrected chi connectivity index (χ0v) is 7.11. The summed E-state index contributed by atoms with van der Waals surface area (Å²) in [5.74, 6) is 0.946. The largest absolute Gasteiger partial charge is 0.464 e. The second-order valence-electron chi connectivity index (χ2n) is 2.86. The van der Waals surface area contributed by atoms with Crippen molar-refractivity contribution in [1.82, 2.24) is 4.98 Å². The molecule has 2 heterocycles. The highest BCUT2D eigenvalue weighted by atomic mass is 16.3. The summed E-state index contributed by atoms with van der Waals surface area (Å²) in [7, 11) is 3.93. The Morgan fingerprint density at radius 1 is 1.33 bits per heavy atom. The van der Waals surface area contributed by atoms with Crippen LogP contribution in [0, 0.1) is 0 Å². The smallest absolute Gasteiger partial charge is 0.139 e. The highest BCUT2D eigenvalue weighted by Gasteiger charge is 2.04. The van der Waals surface area contributed by atoms with E-state index in [1.165, 1.54) is 0 Å². The van der Waals surface area contributed by atoms with E-state index in [0.29, 0.717) is 0 Å². The van der Waals surface area contributed by atoms with Crippen molar-refractivity contribution in [2.45, 2.75) is 0 Å². The second kappa shape index (κ2) is 2.52. The van der Waals surface area contributed by atoms with Crippen molar-refractivity contribution in [3.63, 3.8) is 0 Å². The Kier molecular flexibility index (Phi) is 1.50. The van der Waals surface area contributed by atoms with Crippen LogP contribution in [-0.2, 0) is 0 Å². The molecule has 0 amide bonds.